The molecule has 2 atom stereocenters. The second-order valence-corrected chi connectivity index (χ2v) is 15.3. The van der Waals surface area contributed by atoms with Crippen molar-refractivity contribution in [3.05, 3.63) is 200 Å². The van der Waals surface area contributed by atoms with Gasteiger partial charge in [0.25, 0.3) is 11.8 Å². The van der Waals surface area contributed by atoms with Crippen molar-refractivity contribution in [1.82, 2.24) is 20.4 Å². The number of carbonyl (C=O) groups is 2. The highest BCUT2D eigenvalue weighted by molar-refractivity contribution is 8.02. The lowest BCUT2D eigenvalue weighted by Gasteiger charge is -2.40. The lowest BCUT2D eigenvalue weighted by atomic mass is 10.0. The molecule has 0 bridgehead atoms. The topological polar surface area (TPSA) is 112 Å². The summed E-state index contributed by atoms with van der Waals surface area (Å²) in [6.45, 7) is 1.13. The van der Waals surface area contributed by atoms with Gasteiger partial charge >= 0.3 is 0 Å². The number of amides is 2. The number of benzene rings is 5. The summed E-state index contributed by atoms with van der Waals surface area (Å²) in [6, 6.07) is 52.7. The number of hydrogen-bond donors (Lipinski definition) is 2. The van der Waals surface area contributed by atoms with E-state index in [0.717, 1.165) is 33.4 Å². The van der Waals surface area contributed by atoms with Gasteiger partial charge in [-0.25, -0.2) is 0 Å². The van der Waals surface area contributed by atoms with Crippen LogP contribution in [0.5, 0.6) is 0 Å². The lowest BCUT2D eigenvalue weighted by Crippen LogP contribution is -2.47. The minimum Gasteiger partial charge on any atom is -0.341 e. The van der Waals surface area contributed by atoms with Crippen LogP contribution < -0.4 is 10.6 Å². The first kappa shape index (κ1) is 38.1. The minimum absolute atomic E-state index is 0.103. The molecule has 2 heterocycles. The Labute approximate surface area is 336 Å². The van der Waals surface area contributed by atoms with Crippen molar-refractivity contribution in [2.75, 3.05) is 13.1 Å². The highest BCUT2D eigenvalue weighted by Crippen LogP contribution is 2.39. The van der Waals surface area contributed by atoms with Gasteiger partial charge in [-0.05, 0) is 46.2 Å². The van der Waals surface area contributed by atoms with Crippen LogP contribution in [0.15, 0.2) is 167 Å². The number of thioether (sulfide) groups is 2. The van der Waals surface area contributed by atoms with E-state index in [1.54, 1.807) is 0 Å². The maximum atomic E-state index is 13.6. The predicted molar refractivity (Wildman–Crippen MR) is 223 cm³/mol. The van der Waals surface area contributed by atoms with Crippen molar-refractivity contribution < 1.29 is 9.59 Å². The van der Waals surface area contributed by atoms with E-state index in [0.29, 0.717) is 47.5 Å². The summed E-state index contributed by atoms with van der Waals surface area (Å²) in [7, 11) is 0. The van der Waals surface area contributed by atoms with E-state index in [4.69, 9.17) is 0 Å². The van der Waals surface area contributed by atoms with Gasteiger partial charge in [-0.2, -0.15) is 10.5 Å². The van der Waals surface area contributed by atoms with Crippen molar-refractivity contribution in [1.29, 1.82) is 10.5 Å². The third-order valence-electron chi connectivity index (χ3n) is 9.76. The molecule has 7 rings (SSSR count). The van der Waals surface area contributed by atoms with Crippen LogP contribution in [0.3, 0.4) is 0 Å². The molecular weight excluding hydrogens is 733 g/mol. The van der Waals surface area contributed by atoms with E-state index < -0.39 is 24.1 Å². The smallest absolute Gasteiger partial charge is 0.266 e. The molecule has 2 N–H and O–H groups in total. The Bertz CT molecular complexity index is 2120. The molecule has 2 aliphatic rings. The summed E-state index contributed by atoms with van der Waals surface area (Å²) >= 11 is 3.00. The molecule has 0 aliphatic carbocycles. The summed E-state index contributed by atoms with van der Waals surface area (Å²) in [4.78, 5) is 31.4. The highest BCUT2D eigenvalue weighted by Gasteiger charge is 2.37. The fourth-order valence-corrected chi connectivity index (χ4v) is 9.14. The van der Waals surface area contributed by atoms with Gasteiger partial charge in [-0.3, -0.25) is 9.59 Å². The summed E-state index contributed by atoms with van der Waals surface area (Å²) < 4.78 is 0. The molecule has 0 saturated carbocycles. The average molecular weight is 773 g/mol. The van der Waals surface area contributed by atoms with E-state index in [-0.39, 0.29) is 11.1 Å². The van der Waals surface area contributed by atoms with E-state index in [1.165, 1.54) is 23.5 Å². The number of hydrogen-bond acceptors (Lipinski definition) is 8. The molecule has 278 valence electrons. The van der Waals surface area contributed by atoms with E-state index in [1.807, 2.05) is 121 Å². The lowest BCUT2D eigenvalue weighted by molar-refractivity contribution is -0.120. The van der Waals surface area contributed by atoms with E-state index in [2.05, 4.69) is 56.8 Å². The molecule has 0 radical (unpaired) electrons. The zero-order valence-corrected chi connectivity index (χ0v) is 32.3. The minimum atomic E-state index is -0.534. The maximum absolute atomic E-state index is 13.6. The number of nitrogens with zero attached hydrogens (tertiary/aromatic N) is 4. The SMILES string of the molecule is N#CC1=C(SCc2ccccc2)N(CCc2ccccc2)C(c2ccc(C3NC(=O)C(C#N)=C(SCc4ccccc4)N3CCc3ccccc3)cc2)NC1=O. The average Bonchev–Trinajstić information content (AvgIpc) is 3.25. The van der Waals surface area contributed by atoms with Crippen molar-refractivity contribution in [2.24, 2.45) is 0 Å². The fourth-order valence-electron chi connectivity index (χ4n) is 6.86. The molecule has 2 amide bonds. The largest absolute Gasteiger partial charge is 0.341 e. The van der Waals surface area contributed by atoms with Crippen LogP contribution >= 0.6 is 23.5 Å². The Morgan fingerprint density at radius 3 is 1.12 bits per heavy atom. The Hall–Kier alpha value is -6.20. The molecule has 5 aromatic carbocycles. The monoisotopic (exact) mass is 772 g/mol. The van der Waals surface area contributed by atoms with Crippen LogP contribution in [0.4, 0.5) is 0 Å². The molecule has 0 saturated heterocycles. The standard InChI is InChI=1S/C46H40N6O2S2/c47-29-39-43(53)49-41(51(27-25-33-13-5-1-6-14-33)45(39)55-31-35-17-9-3-10-18-35)37-21-23-38(24-22-37)42-50-44(54)40(30-48)46(56-32-36-19-11-4-12-20-36)52(42)28-26-34-15-7-2-8-16-34/h1-24,41-42H,25-28,31-32H2,(H,49,53)(H,50,54). The third-order valence-corrected chi connectivity index (χ3v) is 12.1. The zero-order valence-electron chi connectivity index (χ0n) is 30.7. The number of nitriles is 2. The molecule has 10 heteroatoms. The number of nitrogens with one attached hydrogen (secondary N) is 2. The molecule has 5 aromatic rings. The van der Waals surface area contributed by atoms with Crippen LogP contribution in [0.25, 0.3) is 0 Å². The maximum Gasteiger partial charge on any atom is 0.266 e. The Morgan fingerprint density at radius 1 is 0.482 bits per heavy atom. The Kier molecular flexibility index (Phi) is 12.5. The molecule has 0 spiro atoms. The van der Waals surface area contributed by atoms with E-state index >= 15 is 0 Å². The highest BCUT2D eigenvalue weighted by atomic mass is 32.2. The third kappa shape index (κ3) is 9.01. The normalized spacial score (nSPS) is 16.9. The van der Waals surface area contributed by atoms with Crippen LogP contribution in [0, 0.1) is 22.7 Å². The molecule has 2 aliphatic heterocycles. The number of carbonyl (C=O) groups excluding carboxylic acids is 2. The molecule has 2 unspecified atom stereocenters. The van der Waals surface area contributed by atoms with Gasteiger partial charge in [0.05, 0.1) is 10.1 Å². The number of rotatable bonds is 14. The molecule has 8 nitrogen and oxygen atoms in total. The summed E-state index contributed by atoms with van der Waals surface area (Å²) in [6.07, 6.45) is 0.350. The van der Waals surface area contributed by atoms with Gasteiger partial charge in [-0.1, -0.05) is 146 Å². The van der Waals surface area contributed by atoms with Gasteiger partial charge in [0.15, 0.2) is 0 Å². The second kappa shape index (κ2) is 18.4. The van der Waals surface area contributed by atoms with E-state index in [9.17, 15) is 20.1 Å². The molecule has 0 fully saturated rings. The van der Waals surface area contributed by atoms with Gasteiger partial charge in [0.2, 0.25) is 0 Å². The summed E-state index contributed by atoms with van der Waals surface area (Å²) in [5, 5.41) is 28.0. The van der Waals surface area contributed by atoms with Gasteiger partial charge < -0.3 is 20.4 Å². The Balaban J connectivity index is 1.20. The van der Waals surface area contributed by atoms with Crippen LogP contribution in [-0.4, -0.2) is 34.7 Å². The van der Waals surface area contributed by atoms with Crippen molar-refractivity contribution in [3.8, 4) is 12.1 Å². The fraction of sp³-hybridized carbons (Fsp3) is 0.174. The molecular formula is C46H40N6O2S2. The summed E-state index contributed by atoms with van der Waals surface area (Å²) in [5.41, 5.74) is 6.39. The van der Waals surface area contributed by atoms with Gasteiger partial charge in [0.1, 0.15) is 35.6 Å². The molecule has 0 aromatic heterocycles. The first-order chi connectivity index (χ1) is 27.5. The first-order valence-electron chi connectivity index (χ1n) is 18.5. The zero-order chi connectivity index (χ0) is 38.7. The Morgan fingerprint density at radius 2 is 0.804 bits per heavy atom. The first-order valence-corrected chi connectivity index (χ1v) is 20.4. The van der Waals surface area contributed by atoms with Crippen LogP contribution in [-0.2, 0) is 33.9 Å². The summed E-state index contributed by atoms with van der Waals surface area (Å²) in [5.74, 6) is 0.388. The predicted octanol–water partition coefficient (Wildman–Crippen LogP) is 8.37. The quantitative estimate of drug-likeness (QED) is 0.116. The van der Waals surface area contributed by atoms with Crippen LogP contribution in [0.2, 0.25) is 0 Å². The second-order valence-electron chi connectivity index (χ2n) is 13.4. The van der Waals surface area contributed by atoms with Crippen LogP contribution in [0.1, 0.15) is 45.7 Å². The van der Waals surface area contributed by atoms with Gasteiger partial charge in [0, 0.05) is 24.6 Å². The van der Waals surface area contributed by atoms with Crippen molar-refractivity contribution in [3.63, 3.8) is 0 Å². The van der Waals surface area contributed by atoms with Crippen molar-refractivity contribution >= 4 is 35.3 Å². The molecule has 56 heavy (non-hydrogen) atoms. The van der Waals surface area contributed by atoms with Gasteiger partial charge in [-0.15, -0.1) is 23.5 Å². The van der Waals surface area contributed by atoms with Crippen molar-refractivity contribution in [2.45, 2.75) is 36.7 Å².